The maximum atomic E-state index is 12.6. The molecule has 0 aromatic heterocycles. The SMILES string of the molecule is O=C(NCCc1ccc(Oc2ccccc2)cc1)O[C@@]1(O)CCN(c2ccccc2)C1=O. The zero-order chi connectivity index (χ0) is 22.4. The van der Waals surface area contributed by atoms with Crippen molar-refractivity contribution in [2.24, 2.45) is 0 Å². The average molecular weight is 432 g/mol. The van der Waals surface area contributed by atoms with Crippen LogP contribution in [0.3, 0.4) is 0 Å². The third-order valence-electron chi connectivity index (χ3n) is 5.17. The number of nitrogens with one attached hydrogen (secondary N) is 1. The molecule has 3 aromatic rings. The normalized spacial score (nSPS) is 17.8. The Balaban J connectivity index is 1.24. The Morgan fingerprint density at radius 3 is 2.25 bits per heavy atom. The summed E-state index contributed by atoms with van der Waals surface area (Å²) in [6.45, 7) is 0.564. The highest BCUT2D eigenvalue weighted by atomic mass is 16.7. The molecule has 0 unspecified atom stereocenters. The maximum absolute atomic E-state index is 12.6. The molecule has 1 heterocycles. The molecule has 1 aliphatic heterocycles. The average Bonchev–Trinajstić information content (AvgIpc) is 3.10. The molecule has 0 bridgehead atoms. The van der Waals surface area contributed by atoms with Crippen LogP contribution in [0.25, 0.3) is 0 Å². The van der Waals surface area contributed by atoms with Gasteiger partial charge in [0.05, 0.1) is 0 Å². The fourth-order valence-corrected chi connectivity index (χ4v) is 3.48. The van der Waals surface area contributed by atoms with Crippen molar-refractivity contribution in [2.75, 3.05) is 18.0 Å². The van der Waals surface area contributed by atoms with Gasteiger partial charge in [-0.2, -0.15) is 0 Å². The van der Waals surface area contributed by atoms with Crippen LogP contribution >= 0.6 is 0 Å². The summed E-state index contributed by atoms with van der Waals surface area (Å²) in [6, 6.07) is 26.0. The van der Waals surface area contributed by atoms with Crippen LogP contribution in [0, 0.1) is 0 Å². The number of hydrogen-bond donors (Lipinski definition) is 2. The van der Waals surface area contributed by atoms with Crippen molar-refractivity contribution in [3.05, 3.63) is 90.5 Å². The molecule has 0 saturated carbocycles. The van der Waals surface area contributed by atoms with Crippen LogP contribution in [0.2, 0.25) is 0 Å². The molecule has 0 spiro atoms. The number of aliphatic hydroxyl groups is 1. The van der Waals surface area contributed by atoms with Crippen LogP contribution in [-0.4, -0.2) is 36.0 Å². The standard InChI is InChI=1S/C25H24N2O5/c28-23-25(30,16-18-27(23)20-7-3-1-4-8-20)32-24(29)26-17-15-19-11-13-22(14-12-19)31-21-9-5-2-6-10-21/h1-14,30H,15-18H2,(H,26,29)/t25-/m0/s1. The molecule has 2 amide bonds. The molecule has 1 saturated heterocycles. The van der Waals surface area contributed by atoms with E-state index in [0.717, 1.165) is 17.1 Å². The monoisotopic (exact) mass is 432 g/mol. The minimum absolute atomic E-state index is 0.0109. The fraction of sp³-hybridized carbons (Fsp3) is 0.200. The van der Waals surface area contributed by atoms with E-state index in [0.29, 0.717) is 18.7 Å². The largest absolute Gasteiger partial charge is 0.457 e. The van der Waals surface area contributed by atoms with E-state index in [9.17, 15) is 14.7 Å². The van der Waals surface area contributed by atoms with Crippen molar-refractivity contribution in [1.82, 2.24) is 5.32 Å². The Morgan fingerprint density at radius 1 is 0.938 bits per heavy atom. The molecule has 32 heavy (non-hydrogen) atoms. The molecule has 0 aliphatic carbocycles. The van der Waals surface area contributed by atoms with Gasteiger partial charge in [0.25, 0.3) is 11.7 Å². The van der Waals surface area contributed by atoms with Crippen molar-refractivity contribution in [1.29, 1.82) is 0 Å². The number of rotatable bonds is 7. The molecule has 1 atom stereocenters. The van der Waals surface area contributed by atoms with E-state index in [1.54, 1.807) is 24.3 Å². The quantitative estimate of drug-likeness (QED) is 0.554. The summed E-state index contributed by atoms with van der Waals surface area (Å²) >= 11 is 0. The molecule has 1 fully saturated rings. The van der Waals surface area contributed by atoms with E-state index >= 15 is 0 Å². The Morgan fingerprint density at radius 2 is 1.56 bits per heavy atom. The Hall–Kier alpha value is -3.84. The molecule has 7 nitrogen and oxygen atoms in total. The second-order valence-corrected chi connectivity index (χ2v) is 7.45. The van der Waals surface area contributed by atoms with Gasteiger partial charge in [0.2, 0.25) is 0 Å². The van der Waals surface area contributed by atoms with E-state index in [4.69, 9.17) is 9.47 Å². The Bertz CT molecular complexity index is 1060. The smallest absolute Gasteiger partial charge is 0.410 e. The van der Waals surface area contributed by atoms with Crippen LogP contribution in [-0.2, 0) is 16.0 Å². The van der Waals surface area contributed by atoms with Gasteiger partial charge >= 0.3 is 6.09 Å². The van der Waals surface area contributed by atoms with E-state index < -0.39 is 17.8 Å². The van der Waals surface area contributed by atoms with Crippen molar-refractivity contribution >= 4 is 17.7 Å². The summed E-state index contributed by atoms with van der Waals surface area (Å²) in [5.74, 6) is -1.32. The number of hydrogen-bond acceptors (Lipinski definition) is 5. The summed E-state index contributed by atoms with van der Waals surface area (Å²) in [5.41, 5.74) is 1.65. The van der Waals surface area contributed by atoms with Gasteiger partial charge in [0.1, 0.15) is 11.5 Å². The molecule has 2 N–H and O–H groups in total. The van der Waals surface area contributed by atoms with Gasteiger partial charge in [-0.15, -0.1) is 0 Å². The lowest BCUT2D eigenvalue weighted by atomic mass is 10.1. The van der Waals surface area contributed by atoms with Gasteiger partial charge in [-0.3, -0.25) is 4.79 Å². The minimum Gasteiger partial charge on any atom is -0.457 e. The van der Waals surface area contributed by atoms with Gasteiger partial charge in [0.15, 0.2) is 0 Å². The van der Waals surface area contributed by atoms with Crippen LogP contribution in [0.1, 0.15) is 12.0 Å². The first-order valence-corrected chi connectivity index (χ1v) is 10.4. The van der Waals surface area contributed by atoms with Crippen LogP contribution in [0.15, 0.2) is 84.9 Å². The molecule has 3 aromatic carbocycles. The van der Waals surface area contributed by atoms with E-state index in [1.165, 1.54) is 4.90 Å². The van der Waals surface area contributed by atoms with Crippen molar-refractivity contribution < 1.29 is 24.2 Å². The van der Waals surface area contributed by atoms with Crippen LogP contribution in [0.5, 0.6) is 11.5 Å². The number of ether oxygens (including phenoxy) is 2. The van der Waals surface area contributed by atoms with Crippen molar-refractivity contribution in [3.63, 3.8) is 0 Å². The Labute approximate surface area is 186 Å². The maximum Gasteiger partial charge on any atom is 0.410 e. The first kappa shape index (κ1) is 21.4. The first-order valence-electron chi connectivity index (χ1n) is 10.4. The number of carbonyl (C=O) groups is 2. The number of benzene rings is 3. The third kappa shape index (κ3) is 5.07. The highest BCUT2D eigenvalue weighted by molar-refractivity contribution is 6.01. The molecule has 4 rings (SSSR count). The lowest BCUT2D eigenvalue weighted by Crippen LogP contribution is -2.46. The van der Waals surface area contributed by atoms with Gasteiger partial charge in [-0.1, -0.05) is 48.5 Å². The fourth-order valence-electron chi connectivity index (χ4n) is 3.48. The Kier molecular flexibility index (Phi) is 6.37. The van der Waals surface area contributed by atoms with Gasteiger partial charge < -0.3 is 24.8 Å². The van der Waals surface area contributed by atoms with E-state index in [2.05, 4.69) is 5.32 Å². The summed E-state index contributed by atoms with van der Waals surface area (Å²) in [7, 11) is 0. The van der Waals surface area contributed by atoms with Crippen molar-refractivity contribution in [2.45, 2.75) is 18.6 Å². The second-order valence-electron chi connectivity index (χ2n) is 7.45. The van der Waals surface area contributed by atoms with Gasteiger partial charge in [-0.05, 0) is 48.4 Å². The highest BCUT2D eigenvalue weighted by Crippen LogP contribution is 2.29. The lowest BCUT2D eigenvalue weighted by molar-refractivity contribution is -0.175. The number of para-hydroxylation sites is 2. The summed E-state index contributed by atoms with van der Waals surface area (Å²) in [4.78, 5) is 26.1. The van der Waals surface area contributed by atoms with Gasteiger partial charge in [-0.25, -0.2) is 4.79 Å². The van der Waals surface area contributed by atoms with Gasteiger partial charge in [0, 0.05) is 25.2 Å². The molecule has 0 radical (unpaired) electrons. The van der Waals surface area contributed by atoms with E-state index in [1.807, 2.05) is 60.7 Å². The number of anilines is 1. The lowest BCUT2D eigenvalue weighted by Gasteiger charge is -2.22. The molecular weight excluding hydrogens is 408 g/mol. The van der Waals surface area contributed by atoms with Crippen LogP contribution in [0.4, 0.5) is 10.5 Å². The third-order valence-corrected chi connectivity index (χ3v) is 5.17. The topological polar surface area (TPSA) is 88.1 Å². The first-order chi connectivity index (χ1) is 15.5. The van der Waals surface area contributed by atoms with Crippen molar-refractivity contribution in [3.8, 4) is 11.5 Å². The zero-order valence-electron chi connectivity index (χ0n) is 17.4. The second kappa shape index (κ2) is 9.53. The minimum atomic E-state index is -2.16. The summed E-state index contributed by atoms with van der Waals surface area (Å²) < 4.78 is 10.8. The highest BCUT2D eigenvalue weighted by Gasteiger charge is 2.49. The summed E-state index contributed by atoms with van der Waals surface area (Å²) in [5, 5.41) is 13.1. The van der Waals surface area contributed by atoms with E-state index in [-0.39, 0.29) is 13.0 Å². The number of amides is 2. The summed E-state index contributed by atoms with van der Waals surface area (Å²) in [6.07, 6.45) is -0.264. The molecule has 164 valence electrons. The van der Waals surface area contributed by atoms with Crippen LogP contribution < -0.4 is 15.0 Å². The number of nitrogens with zero attached hydrogens (tertiary/aromatic N) is 1. The predicted octanol–water partition coefficient (Wildman–Crippen LogP) is 3.87. The molecule has 1 aliphatic rings. The molecular formula is C25H24N2O5. The number of carbonyl (C=O) groups excluding carboxylic acids is 2. The zero-order valence-corrected chi connectivity index (χ0v) is 17.4. The predicted molar refractivity (Wildman–Crippen MR) is 120 cm³/mol. The molecule has 7 heteroatoms. The number of alkyl carbamates (subject to hydrolysis) is 1.